The van der Waals surface area contributed by atoms with Crippen LogP contribution in [0.25, 0.3) is 5.69 Å². The van der Waals surface area contributed by atoms with Crippen LogP contribution in [0.5, 0.6) is 5.75 Å². The maximum absolute atomic E-state index is 12.9. The Morgan fingerprint density at radius 2 is 1.59 bits per heavy atom. The Hall–Kier alpha value is -3.28. The first-order valence-corrected chi connectivity index (χ1v) is 9.95. The number of amides is 1. The van der Waals surface area contributed by atoms with Crippen LogP contribution in [0.4, 0.5) is 5.69 Å². The van der Waals surface area contributed by atoms with Crippen LogP contribution in [0.3, 0.4) is 0 Å². The minimum absolute atomic E-state index is 0.147. The van der Waals surface area contributed by atoms with Crippen molar-refractivity contribution in [2.75, 3.05) is 31.1 Å². The number of anilines is 1. The molecule has 1 aliphatic rings. The van der Waals surface area contributed by atoms with Crippen molar-refractivity contribution in [3.63, 3.8) is 0 Å². The van der Waals surface area contributed by atoms with Gasteiger partial charge in [-0.1, -0.05) is 18.2 Å². The molecular formula is C23H26N4O2. The monoisotopic (exact) mass is 390 g/mol. The fraction of sp³-hybridized carbons (Fsp3) is 0.304. The summed E-state index contributed by atoms with van der Waals surface area (Å²) >= 11 is 0. The van der Waals surface area contributed by atoms with Gasteiger partial charge in [0.25, 0.3) is 0 Å². The van der Waals surface area contributed by atoms with Gasteiger partial charge in [-0.3, -0.25) is 4.79 Å². The molecule has 1 aromatic heterocycles. The van der Waals surface area contributed by atoms with E-state index < -0.39 is 0 Å². The molecule has 2 aromatic carbocycles. The number of hydrogen-bond donors (Lipinski definition) is 1. The molecular weight excluding hydrogens is 364 g/mol. The maximum atomic E-state index is 12.9. The fourth-order valence-corrected chi connectivity index (χ4v) is 3.89. The highest BCUT2D eigenvalue weighted by Gasteiger charge is 2.24. The van der Waals surface area contributed by atoms with Crippen LogP contribution >= 0.6 is 0 Å². The molecule has 1 N–H and O–H groups in total. The number of aromatic hydroxyl groups is 1. The Bertz CT molecular complexity index is 988. The number of carbonyl (C=O) groups is 1. The number of carbonyl (C=O) groups excluding carboxylic acids is 1. The van der Waals surface area contributed by atoms with Crippen molar-refractivity contribution in [3.8, 4) is 11.4 Å². The Labute approximate surface area is 171 Å². The Morgan fingerprint density at radius 3 is 2.24 bits per heavy atom. The Morgan fingerprint density at radius 1 is 0.931 bits per heavy atom. The van der Waals surface area contributed by atoms with Crippen molar-refractivity contribution in [2.45, 2.75) is 20.3 Å². The zero-order chi connectivity index (χ0) is 20.4. The van der Waals surface area contributed by atoms with E-state index in [1.54, 1.807) is 12.1 Å². The predicted octanol–water partition coefficient (Wildman–Crippen LogP) is 3.09. The van der Waals surface area contributed by atoms with Crippen molar-refractivity contribution in [3.05, 3.63) is 71.5 Å². The van der Waals surface area contributed by atoms with Gasteiger partial charge in [0, 0.05) is 43.1 Å². The maximum Gasteiger partial charge on any atom is 0.227 e. The van der Waals surface area contributed by atoms with Crippen molar-refractivity contribution < 1.29 is 9.90 Å². The molecule has 1 aliphatic heterocycles. The third-order valence-corrected chi connectivity index (χ3v) is 5.62. The SMILES string of the molecule is Cc1nn(-c2ccccc2)c(C)c1CC(=O)N1CCN(c2ccc(O)cc2)CC1. The molecule has 2 heterocycles. The third kappa shape index (κ3) is 3.97. The van der Waals surface area contributed by atoms with E-state index in [2.05, 4.69) is 10.00 Å². The zero-order valence-electron chi connectivity index (χ0n) is 16.9. The van der Waals surface area contributed by atoms with Crippen LogP contribution in [0.1, 0.15) is 17.0 Å². The second kappa shape index (κ2) is 7.99. The smallest absolute Gasteiger partial charge is 0.227 e. The summed E-state index contributed by atoms with van der Waals surface area (Å²) in [5, 5.41) is 14.1. The van der Waals surface area contributed by atoms with Gasteiger partial charge in [0.05, 0.1) is 17.8 Å². The molecule has 0 spiro atoms. The number of benzene rings is 2. The number of para-hydroxylation sites is 1. The van der Waals surface area contributed by atoms with Crippen LogP contribution in [0.15, 0.2) is 54.6 Å². The molecule has 3 aromatic rings. The van der Waals surface area contributed by atoms with Gasteiger partial charge >= 0.3 is 0 Å². The van der Waals surface area contributed by atoms with Gasteiger partial charge in [0.1, 0.15) is 5.75 Å². The minimum Gasteiger partial charge on any atom is -0.508 e. The third-order valence-electron chi connectivity index (χ3n) is 5.62. The molecule has 29 heavy (non-hydrogen) atoms. The van der Waals surface area contributed by atoms with E-state index in [0.717, 1.165) is 41.4 Å². The summed E-state index contributed by atoms with van der Waals surface area (Å²) in [5.41, 5.74) is 5.02. The molecule has 1 saturated heterocycles. The van der Waals surface area contributed by atoms with Gasteiger partial charge < -0.3 is 14.9 Å². The van der Waals surface area contributed by atoms with Crippen LogP contribution < -0.4 is 4.90 Å². The van der Waals surface area contributed by atoms with Gasteiger partial charge in [-0.15, -0.1) is 0 Å². The second-order valence-corrected chi connectivity index (χ2v) is 7.46. The summed E-state index contributed by atoms with van der Waals surface area (Å²) in [6.45, 7) is 6.97. The van der Waals surface area contributed by atoms with Crippen LogP contribution in [0, 0.1) is 13.8 Å². The van der Waals surface area contributed by atoms with Gasteiger partial charge in [-0.25, -0.2) is 4.68 Å². The highest BCUT2D eigenvalue weighted by Crippen LogP contribution is 2.22. The number of aromatic nitrogens is 2. The number of aryl methyl sites for hydroxylation is 1. The molecule has 6 nitrogen and oxygen atoms in total. The molecule has 0 bridgehead atoms. The van der Waals surface area contributed by atoms with E-state index in [1.807, 2.05) is 65.9 Å². The van der Waals surface area contributed by atoms with E-state index in [1.165, 1.54) is 0 Å². The zero-order valence-corrected chi connectivity index (χ0v) is 16.9. The molecule has 0 saturated carbocycles. The number of nitrogens with zero attached hydrogens (tertiary/aromatic N) is 4. The van der Waals surface area contributed by atoms with E-state index in [0.29, 0.717) is 19.5 Å². The number of phenolic OH excluding ortho intramolecular Hbond substituents is 1. The van der Waals surface area contributed by atoms with Gasteiger partial charge in [-0.2, -0.15) is 5.10 Å². The van der Waals surface area contributed by atoms with Crippen molar-refractivity contribution in [1.82, 2.24) is 14.7 Å². The van der Waals surface area contributed by atoms with Crippen LogP contribution in [-0.2, 0) is 11.2 Å². The topological polar surface area (TPSA) is 61.6 Å². The number of rotatable bonds is 4. The lowest BCUT2D eigenvalue weighted by Gasteiger charge is -2.36. The van der Waals surface area contributed by atoms with E-state index in [-0.39, 0.29) is 11.7 Å². The second-order valence-electron chi connectivity index (χ2n) is 7.46. The molecule has 1 fully saturated rings. The lowest BCUT2D eigenvalue weighted by molar-refractivity contribution is -0.130. The van der Waals surface area contributed by atoms with Gasteiger partial charge in [0.15, 0.2) is 0 Å². The minimum atomic E-state index is 0.147. The first kappa shape index (κ1) is 19.1. The Kier molecular flexibility index (Phi) is 5.25. The molecule has 0 unspecified atom stereocenters. The van der Waals surface area contributed by atoms with Crippen molar-refractivity contribution >= 4 is 11.6 Å². The van der Waals surface area contributed by atoms with Crippen molar-refractivity contribution in [1.29, 1.82) is 0 Å². The highest BCUT2D eigenvalue weighted by molar-refractivity contribution is 5.79. The fourth-order valence-electron chi connectivity index (χ4n) is 3.89. The Balaban J connectivity index is 1.42. The van der Waals surface area contributed by atoms with Crippen molar-refractivity contribution in [2.24, 2.45) is 0 Å². The lowest BCUT2D eigenvalue weighted by Crippen LogP contribution is -2.49. The molecule has 6 heteroatoms. The quantitative estimate of drug-likeness (QED) is 0.744. The number of phenols is 1. The molecule has 0 atom stereocenters. The summed E-state index contributed by atoms with van der Waals surface area (Å²) in [6, 6.07) is 17.2. The standard InChI is InChI=1S/C23H26N4O2/c1-17-22(18(2)27(24-17)20-6-4-3-5-7-20)16-23(29)26-14-12-25(13-15-26)19-8-10-21(28)11-9-19/h3-11,28H,12-16H2,1-2H3. The molecule has 1 amide bonds. The molecule has 0 aliphatic carbocycles. The van der Waals surface area contributed by atoms with E-state index in [9.17, 15) is 9.90 Å². The van der Waals surface area contributed by atoms with Crippen LogP contribution in [0.2, 0.25) is 0 Å². The normalized spacial score (nSPS) is 14.3. The summed E-state index contributed by atoms with van der Waals surface area (Å²) < 4.78 is 1.92. The summed E-state index contributed by atoms with van der Waals surface area (Å²) in [7, 11) is 0. The van der Waals surface area contributed by atoms with Crippen LogP contribution in [-0.4, -0.2) is 51.9 Å². The van der Waals surface area contributed by atoms with E-state index >= 15 is 0 Å². The van der Waals surface area contributed by atoms with E-state index in [4.69, 9.17) is 0 Å². The summed E-state index contributed by atoms with van der Waals surface area (Å²) in [6.07, 6.45) is 0.379. The number of piperazine rings is 1. The van der Waals surface area contributed by atoms with Gasteiger partial charge in [0.2, 0.25) is 5.91 Å². The summed E-state index contributed by atoms with van der Waals surface area (Å²) in [5.74, 6) is 0.415. The lowest BCUT2D eigenvalue weighted by atomic mass is 10.1. The molecule has 0 radical (unpaired) electrons. The van der Waals surface area contributed by atoms with Gasteiger partial charge in [-0.05, 0) is 50.2 Å². The summed E-state index contributed by atoms with van der Waals surface area (Å²) in [4.78, 5) is 17.1. The first-order chi connectivity index (χ1) is 14.0. The number of hydrogen-bond acceptors (Lipinski definition) is 4. The first-order valence-electron chi connectivity index (χ1n) is 9.95. The largest absolute Gasteiger partial charge is 0.508 e. The highest BCUT2D eigenvalue weighted by atomic mass is 16.3. The molecule has 150 valence electrons. The molecule has 4 rings (SSSR count). The predicted molar refractivity (Wildman–Crippen MR) is 114 cm³/mol. The average molecular weight is 390 g/mol. The average Bonchev–Trinajstić information content (AvgIpc) is 3.03.